The van der Waals surface area contributed by atoms with Crippen LogP contribution in [0, 0.1) is 0 Å². The first-order valence-corrected chi connectivity index (χ1v) is 9.06. The highest BCUT2D eigenvalue weighted by Gasteiger charge is 2.05. The summed E-state index contributed by atoms with van der Waals surface area (Å²) in [7, 11) is 5.70. The molecule has 7 heteroatoms. The lowest BCUT2D eigenvalue weighted by molar-refractivity contribution is 0.415. The van der Waals surface area contributed by atoms with E-state index in [1.165, 1.54) is 10.2 Å². The Kier molecular flexibility index (Phi) is 3.74. The molecule has 0 unspecified atom stereocenters. The van der Waals surface area contributed by atoms with E-state index in [-0.39, 0.29) is 0 Å². The summed E-state index contributed by atoms with van der Waals surface area (Å²) in [6.07, 6.45) is 0. The number of aromatic nitrogens is 2. The first kappa shape index (κ1) is 15.2. The van der Waals surface area contributed by atoms with E-state index in [9.17, 15) is 0 Å². The number of benzene rings is 2. The first-order valence-electron chi connectivity index (χ1n) is 7.43. The van der Waals surface area contributed by atoms with Gasteiger partial charge in [0.2, 0.25) is 9.60 Å². The molecule has 0 aliphatic heterocycles. The Labute approximate surface area is 146 Å². The van der Waals surface area contributed by atoms with Crippen molar-refractivity contribution in [3.63, 3.8) is 0 Å². The summed E-state index contributed by atoms with van der Waals surface area (Å²) in [6.45, 7) is 0. The van der Waals surface area contributed by atoms with Crippen LogP contribution in [-0.4, -0.2) is 16.2 Å². The average molecular weight is 356 g/mol. The second kappa shape index (κ2) is 5.92. The molecule has 0 radical (unpaired) electrons. The second-order valence-corrected chi connectivity index (χ2v) is 7.41. The van der Waals surface area contributed by atoms with E-state index in [0.29, 0.717) is 0 Å². The minimum atomic E-state index is 0.851. The summed E-state index contributed by atoms with van der Waals surface area (Å²) in [6, 6.07) is 14.3. The molecule has 24 heavy (non-hydrogen) atoms. The molecule has 0 atom stereocenters. The van der Waals surface area contributed by atoms with Crippen LogP contribution in [0.1, 0.15) is 0 Å². The summed E-state index contributed by atoms with van der Waals surface area (Å²) < 4.78 is 11.8. The van der Waals surface area contributed by atoms with Crippen molar-refractivity contribution in [2.75, 3.05) is 7.11 Å². The van der Waals surface area contributed by atoms with Gasteiger partial charge in [0.05, 0.1) is 27.5 Å². The lowest BCUT2D eigenvalue weighted by atomic mass is 10.3. The van der Waals surface area contributed by atoms with Gasteiger partial charge in [0, 0.05) is 14.1 Å². The van der Waals surface area contributed by atoms with Gasteiger partial charge in [-0.25, -0.2) is 0 Å². The number of para-hydroxylation sites is 1. The fourth-order valence-corrected chi connectivity index (χ4v) is 4.57. The van der Waals surface area contributed by atoms with Gasteiger partial charge in [-0.2, -0.15) is 0 Å². The van der Waals surface area contributed by atoms with E-state index in [2.05, 4.69) is 31.5 Å². The number of ether oxygens (including phenoxy) is 1. The molecule has 0 saturated carbocycles. The molecule has 0 bridgehead atoms. The lowest BCUT2D eigenvalue weighted by Crippen LogP contribution is -2.13. The molecule has 122 valence electrons. The monoisotopic (exact) mass is 356 g/mol. The molecule has 2 heterocycles. The largest absolute Gasteiger partial charge is 0.497 e. The Morgan fingerprint density at radius 1 is 0.833 bits per heavy atom. The van der Waals surface area contributed by atoms with Crippen molar-refractivity contribution in [3.8, 4) is 5.75 Å². The molecule has 4 aromatic rings. The Balaban J connectivity index is 1.90. The molecule has 0 fully saturated rings. The van der Waals surface area contributed by atoms with Crippen molar-refractivity contribution in [1.82, 2.24) is 9.13 Å². The molecule has 5 nitrogen and oxygen atoms in total. The highest BCUT2D eigenvalue weighted by molar-refractivity contribution is 7.16. The van der Waals surface area contributed by atoms with Crippen LogP contribution in [0.15, 0.2) is 52.7 Å². The lowest BCUT2D eigenvalue weighted by Gasteiger charge is -1.99. The van der Waals surface area contributed by atoms with E-state index < -0.39 is 0 Å². The van der Waals surface area contributed by atoms with E-state index in [1.54, 1.807) is 29.8 Å². The molecular formula is C17H16N4OS2. The van der Waals surface area contributed by atoms with Crippen LogP contribution < -0.4 is 14.3 Å². The smallest absolute Gasteiger partial charge is 0.211 e. The van der Waals surface area contributed by atoms with Crippen molar-refractivity contribution in [1.29, 1.82) is 0 Å². The minimum absolute atomic E-state index is 0.851. The van der Waals surface area contributed by atoms with Crippen molar-refractivity contribution in [2.24, 2.45) is 24.3 Å². The predicted molar refractivity (Wildman–Crippen MR) is 99.3 cm³/mol. The fourth-order valence-electron chi connectivity index (χ4n) is 2.60. The van der Waals surface area contributed by atoms with Gasteiger partial charge in [0.15, 0.2) is 0 Å². The van der Waals surface area contributed by atoms with Crippen molar-refractivity contribution in [2.45, 2.75) is 0 Å². The molecule has 0 aliphatic carbocycles. The third-order valence-electron chi connectivity index (χ3n) is 3.95. The molecule has 2 aromatic heterocycles. The molecule has 0 N–H and O–H groups in total. The fraction of sp³-hybridized carbons (Fsp3) is 0.176. The van der Waals surface area contributed by atoms with Gasteiger partial charge < -0.3 is 13.9 Å². The zero-order chi connectivity index (χ0) is 16.7. The zero-order valence-electron chi connectivity index (χ0n) is 13.6. The van der Waals surface area contributed by atoms with Crippen molar-refractivity contribution < 1.29 is 4.74 Å². The normalized spacial score (nSPS) is 13.3. The standard InChI is InChI=1S/C17H16N4OS2/c1-20-12-6-4-5-7-14(12)23-16(20)18-19-17-21(2)13-9-8-11(22-3)10-15(13)24-17/h4-10H,1-3H3. The maximum atomic E-state index is 5.29. The number of rotatable bonds is 2. The van der Waals surface area contributed by atoms with Crippen molar-refractivity contribution in [3.05, 3.63) is 52.1 Å². The topological polar surface area (TPSA) is 43.8 Å². The minimum Gasteiger partial charge on any atom is -0.497 e. The molecule has 0 spiro atoms. The van der Waals surface area contributed by atoms with E-state index >= 15 is 0 Å². The highest BCUT2D eigenvalue weighted by atomic mass is 32.1. The van der Waals surface area contributed by atoms with Gasteiger partial charge in [-0.05, 0) is 30.3 Å². The maximum absolute atomic E-state index is 5.29. The quantitative estimate of drug-likeness (QED) is 0.509. The van der Waals surface area contributed by atoms with E-state index in [4.69, 9.17) is 4.74 Å². The predicted octanol–water partition coefficient (Wildman–Crippen LogP) is 3.22. The molecule has 2 aromatic carbocycles. The molecular weight excluding hydrogens is 340 g/mol. The van der Waals surface area contributed by atoms with Crippen molar-refractivity contribution >= 4 is 43.1 Å². The highest BCUT2D eigenvalue weighted by Crippen LogP contribution is 2.22. The summed E-state index contributed by atoms with van der Waals surface area (Å²) in [5, 5.41) is 8.96. The van der Waals surface area contributed by atoms with E-state index in [1.807, 2.05) is 44.4 Å². The van der Waals surface area contributed by atoms with Crippen LogP contribution in [0.2, 0.25) is 0 Å². The number of thiazole rings is 2. The first-order chi connectivity index (χ1) is 11.7. The second-order valence-electron chi connectivity index (χ2n) is 5.39. The van der Waals surface area contributed by atoms with Gasteiger partial charge in [-0.15, -0.1) is 10.2 Å². The SMILES string of the molecule is COc1ccc2c(c1)sc(=NN=c1sc3ccccc3n1C)n2C. The Hall–Kier alpha value is -2.38. The summed E-state index contributed by atoms with van der Waals surface area (Å²) in [5.41, 5.74) is 2.29. The van der Waals surface area contributed by atoms with Gasteiger partial charge in [-0.1, -0.05) is 34.8 Å². The maximum Gasteiger partial charge on any atom is 0.211 e. The third kappa shape index (κ3) is 2.46. The molecule has 0 saturated heterocycles. The number of nitrogens with zero attached hydrogens (tertiary/aromatic N) is 4. The van der Waals surface area contributed by atoms with Crippen LogP contribution in [0.4, 0.5) is 0 Å². The summed E-state index contributed by atoms with van der Waals surface area (Å²) in [5.74, 6) is 0.851. The van der Waals surface area contributed by atoms with E-state index in [0.717, 1.165) is 25.6 Å². The number of fused-ring (bicyclic) bond motifs is 2. The Morgan fingerprint density at radius 2 is 1.46 bits per heavy atom. The zero-order valence-corrected chi connectivity index (χ0v) is 15.2. The van der Waals surface area contributed by atoms with Crippen LogP contribution in [-0.2, 0) is 14.1 Å². The van der Waals surface area contributed by atoms with Gasteiger partial charge in [0.1, 0.15) is 5.75 Å². The van der Waals surface area contributed by atoms with Crippen LogP contribution in [0.3, 0.4) is 0 Å². The number of methoxy groups -OCH3 is 1. The Morgan fingerprint density at radius 3 is 2.12 bits per heavy atom. The average Bonchev–Trinajstić information content (AvgIpc) is 3.10. The molecule has 0 amide bonds. The number of hydrogen-bond acceptors (Lipinski definition) is 5. The number of aryl methyl sites for hydroxylation is 2. The molecule has 4 rings (SSSR count). The van der Waals surface area contributed by atoms with Crippen LogP contribution in [0.25, 0.3) is 20.4 Å². The van der Waals surface area contributed by atoms with Gasteiger partial charge in [-0.3, -0.25) is 0 Å². The third-order valence-corrected chi connectivity index (χ3v) is 6.14. The number of hydrogen-bond donors (Lipinski definition) is 0. The van der Waals surface area contributed by atoms with Gasteiger partial charge >= 0.3 is 0 Å². The van der Waals surface area contributed by atoms with Gasteiger partial charge in [0.25, 0.3) is 0 Å². The summed E-state index contributed by atoms with van der Waals surface area (Å²) in [4.78, 5) is 1.74. The van der Waals surface area contributed by atoms with Crippen LogP contribution >= 0.6 is 22.7 Å². The summed E-state index contributed by atoms with van der Waals surface area (Å²) >= 11 is 3.24. The molecule has 0 aliphatic rings. The van der Waals surface area contributed by atoms with Crippen LogP contribution in [0.5, 0.6) is 5.75 Å². The Bertz CT molecular complexity index is 1180.